The van der Waals surface area contributed by atoms with Crippen LogP contribution in [0.1, 0.15) is 35.8 Å². The average molecular weight is 393 g/mol. The van der Waals surface area contributed by atoms with E-state index in [4.69, 9.17) is 4.74 Å². The van der Waals surface area contributed by atoms with Gasteiger partial charge in [0, 0.05) is 56.6 Å². The summed E-state index contributed by atoms with van der Waals surface area (Å²) in [6.07, 6.45) is 6.09. The van der Waals surface area contributed by atoms with Gasteiger partial charge in [-0.1, -0.05) is 0 Å². The van der Waals surface area contributed by atoms with Crippen LogP contribution < -0.4 is 10.2 Å². The summed E-state index contributed by atoms with van der Waals surface area (Å²) >= 11 is 0. The number of hydrogen-bond donors (Lipinski definition) is 0. The summed E-state index contributed by atoms with van der Waals surface area (Å²) < 4.78 is 7.72. The van der Waals surface area contributed by atoms with Crippen LogP contribution in [0.25, 0.3) is 11.0 Å². The highest BCUT2D eigenvalue weighted by Gasteiger charge is 2.27. The molecule has 0 aromatic carbocycles. The number of aryl methyl sites for hydroxylation is 2. The van der Waals surface area contributed by atoms with E-state index < -0.39 is 0 Å². The van der Waals surface area contributed by atoms with Crippen LogP contribution in [0, 0.1) is 6.92 Å². The van der Waals surface area contributed by atoms with Crippen molar-refractivity contribution in [2.45, 2.75) is 39.3 Å². The van der Waals surface area contributed by atoms with Gasteiger partial charge in [-0.15, -0.1) is 0 Å². The predicted molar refractivity (Wildman–Crippen MR) is 108 cm³/mol. The van der Waals surface area contributed by atoms with Crippen LogP contribution in [0.15, 0.2) is 41.7 Å². The number of nitrogens with zero attached hydrogens (tertiary/aromatic N) is 5. The highest BCUT2D eigenvalue weighted by atomic mass is 16.5. The molecule has 0 bridgehead atoms. The zero-order valence-electron chi connectivity index (χ0n) is 16.5. The first-order valence-corrected chi connectivity index (χ1v) is 9.79. The third-order valence-corrected chi connectivity index (χ3v) is 5.20. The summed E-state index contributed by atoms with van der Waals surface area (Å²) in [7, 11) is 0. The fourth-order valence-corrected chi connectivity index (χ4v) is 3.62. The molecular weight excluding hydrogens is 370 g/mol. The number of carbonyl (C=O) groups is 1. The van der Waals surface area contributed by atoms with Gasteiger partial charge in [0.2, 0.25) is 11.3 Å². The molecule has 1 fully saturated rings. The quantitative estimate of drug-likeness (QED) is 0.675. The number of ether oxygens (including phenoxy) is 1. The van der Waals surface area contributed by atoms with Crippen molar-refractivity contribution in [1.82, 2.24) is 24.4 Å². The summed E-state index contributed by atoms with van der Waals surface area (Å²) in [4.78, 5) is 40.2. The van der Waals surface area contributed by atoms with Gasteiger partial charge in [-0.2, -0.15) is 0 Å². The molecule has 4 rings (SSSR count). The topological polar surface area (TPSA) is 90.2 Å². The van der Waals surface area contributed by atoms with Crippen molar-refractivity contribution in [3.05, 3.63) is 58.4 Å². The van der Waals surface area contributed by atoms with Crippen molar-refractivity contribution in [2.75, 3.05) is 13.1 Å². The molecule has 1 saturated heterocycles. The standard InChI is InChI=1S/C21H23N5O3/c1-3-25-12-17(19(27)16-5-4-14(2)24-20(16)25)21(28)26-10-7-15(8-11-26)29-18-6-9-22-13-23-18/h4-6,9,12-13,15H,3,7-8,10-11H2,1-2H3. The number of fused-ring (bicyclic) bond motifs is 1. The maximum atomic E-state index is 13.1. The largest absolute Gasteiger partial charge is 0.474 e. The summed E-state index contributed by atoms with van der Waals surface area (Å²) in [6.45, 7) is 5.55. The lowest BCUT2D eigenvalue weighted by Gasteiger charge is -2.32. The number of rotatable bonds is 4. The SMILES string of the molecule is CCn1cc(C(=O)N2CCC(Oc3ccncn3)CC2)c(=O)c2ccc(C)nc21. The van der Waals surface area contributed by atoms with E-state index in [2.05, 4.69) is 15.0 Å². The zero-order chi connectivity index (χ0) is 20.4. The van der Waals surface area contributed by atoms with Gasteiger partial charge in [0.1, 0.15) is 23.6 Å². The molecule has 0 unspecified atom stereocenters. The summed E-state index contributed by atoms with van der Waals surface area (Å²) in [6, 6.07) is 5.27. The van der Waals surface area contributed by atoms with Crippen LogP contribution in [0.4, 0.5) is 0 Å². The number of piperidine rings is 1. The Bertz CT molecular complexity index is 1090. The Morgan fingerprint density at radius 1 is 1.24 bits per heavy atom. The van der Waals surface area contributed by atoms with Crippen LogP contribution >= 0.6 is 0 Å². The molecule has 1 aliphatic heterocycles. The van der Waals surface area contributed by atoms with E-state index in [1.54, 1.807) is 35.5 Å². The van der Waals surface area contributed by atoms with E-state index in [1.807, 2.05) is 18.4 Å². The van der Waals surface area contributed by atoms with E-state index in [-0.39, 0.29) is 23.0 Å². The minimum atomic E-state index is -0.262. The molecule has 3 aromatic heterocycles. The molecular formula is C21H23N5O3. The van der Waals surface area contributed by atoms with Crippen LogP contribution in [0.5, 0.6) is 5.88 Å². The first-order valence-electron chi connectivity index (χ1n) is 9.79. The van der Waals surface area contributed by atoms with Crippen LogP contribution in [-0.2, 0) is 6.54 Å². The second kappa shape index (κ2) is 7.98. The molecule has 1 aliphatic rings. The first-order chi connectivity index (χ1) is 14.1. The van der Waals surface area contributed by atoms with E-state index in [1.165, 1.54) is 6.33 Å². The minimum Gasteiger partial charge on any atom is -0.474 e. The number of hydrogen-bond acceptors (Lipinski definition) is 6. The number of amides is 1. The van der Waals surface area contributed by atoms with Gasteiger partial charge in [0.05, 0.1) is 5.39 Å². The van der Waals surface area contributed by atoms with E-state index in [9.17, 15) is 9.59 Å². The Morgan fingerprint density at radius 3 is 2.72 bits per heavy atom. The van der Waals surface area contributed by atoms with Crippen molar-refractivity contribution >= 4 is 16.9 Å². The highest BCUT2D eigenvalue weighted by Crippen LogP contribution is 2.19. The molecule has 29 heavy (non-hydrogen) atoms. The molecule has 1 amide bonds. The molecule has 4 heterocycles. The van der Waals surface area contributed by atoms with Gasteiger partial charge in [-0.05, 0) is 26.0 Å². The van der Waals surface area contributed by atoms with E-state index >= 15 is 0 Å². The average Bonchev–Trinajstić information content (AvgIpc) is 2.75. The third kappa shape index (κ3) is 3.83. The van der Waals surface area contributed by atoms with Crippen molar-refractivity contribution in [1.29, 1.82) is 0 Å². The monoisotopic (exact) mass is 393 g/mol. The molecule has 0 N–H and O–H groups in total. The second-order valence-electron chi connectivity index (χ2n) is 7.14. The Morgan fingerprint density at radius 2 is 2.03 bits per heavy atom. The molecule has 0 saturated carbocycles. The molecule has 0 radical (unpaired) electrons. The van der Waals surface area contributed by atoms with Crippen molar-refractivity contribution < 1.29 is 9.53 Å². The van der Waals surface area contributed by atoms with E-state index in [0.717, 1.165) is 5.69 Å². The Balaban J connectivity index is 1.53. The van der Waals surface area contributed by atoms with Gasteiger partial charge >= 0.3 is 0 Å². The Labute approximate surface area is 168 Å². The number of pyridine rings is 2. The van der Waals surface area contributed by atoms with E-state index in [0.29, 0.717) is 49.4 Å². The fourth-order valence-electron chi connectivity index (χ4n) is 3.62. The zero-order valence-corrected chi connectivity index (χ0v) is 16.5. The van der Waals surface area contributed by atoms with Crippen LogP contribution in [-0.4, -0.2) is 49.5 Å². The molecule has 8 nitrogen and oxygen atoms in total. The Kier molecular flexibility index (Phi) is 5.24. The number of aromatic nitrogens is 4. The third-order valence-electron chi connectivity index (χ3n) is 5.20. The van der Waals surface area contributed by atoms with Crippen molar-refractivity contribution in [3.63, 3.8) is 0 Å². The Hall–Kier alpha value is -3.29. The van der Waals surface area contributed by atoms with Gasteiger partial charge in [0.15, 0.2) is 0 Å². The summed E-state index contributed by atoms with van der Waals surface area (Å²) in [5, 5.41) is 0.477. The highest BCUT2D eigenvalue weighted by molar-refractivity contribution is 5.97. The smallest absolute Gasteiger partial charge is 0.259 e. The second-order valence-corrected chi connectivity index (χ2v) is 7.14. The van der Waals surface area contributed by atoms with Gasteiger partial charge in [0.25, 0.3) is 5.91 Å². The van der Waals surface area contributed by atoms with Crippen LogP contribution in [0.3, 0.4) is 0 Å². The van der Waals surface area contributed by atoms with Crippen molar-refractivity contribution in [3.8, 4) is 5.88 Å². The normalized spacial score (nSPS) is 14.9. The van der Waals surface area contributed by atoms with Crippen molar-refractivity contribution in [2.24, 2.45) is 0 Å². The number of likely N-dealkylation sites (tertiary alicyclic amines) is 1. The maximum absolute atomic E-state index is 13.1. The fraction of sp³-hybridized carbons (Fsp3) is 0.381. The van der Waals surface area contributed by atoms with Gasteiger partial charge in [-0.3, -0.25) is 9.59 Å². The van der Waals surface area contributed by atoms with Gasteiger partial charge in [-0.25, -0.2) is 15.0 Å². The summed E-state index contributed by atoms with van der Waals surface area (Å²) in [5.41, 5.74) is 1.39. The minimum absolute atomic E-state index is 0.00923. The molecule has 3 aromatic rings. The molecule has 8 heteroatoms. The molecule has 150 valence electrons. The van der Waals surface area contributed by atoms with Crippen LogP contribution in [0.2, 0.25) is 0 Å². The van der Waals surface area contributed by atoms with Gasteiger partial charge < -0.3 is 14.2 Å². The summed E-state index contributed by atoms with van der Waals surface area (Å²) in [5.74, 6) is 0.299. The number of carbonyl (C=O) groups excluding carboxylic acids is 1. The molecule has 0 aliphatic carbocycles. The molecule has 0 atom stereocenters. The predicted octanol–water partition coefficient (Wildman–Crippen LogP) is 2.20. The molecule has 0 spiro atoms. The lowest BCUT2D eigenvalue weighted by molar-refractivity contribution is 0.0586. The maximum Gasteiger partial charge on any atom is 0.259 e. The first kappa shape index (κ1) is 19.0. The lowest BCUT2D eigenvalue weighted by Crippen LogP contribution is -2.43. The lowest BCUT2D eigenvalue weighted by atomic mass is 10.1.